The Morgan fingerprint density at radius 2 is 1.91 bits per heavy atom. The number of aryl methyl sites for hydroxylation is 1. The summed E-state index contributed by atoms with van der Waals surface area (Å²) in [6.45, 7) is 2.15. The first-order chi connectivity index (χ1) is 16.5. The molecule has 2 heterocycles. The number of thiophene rings is 1. The fourth-order valence-electron chi connectivity index (χ4n) is 3.87. The molecule has 1 aliphatic heterocycles. The Labute approximate surface area is 202 Å². The molecule has 8 heteroatoms. The number of hydrogen-bond donors (Lipinski definition) is 0. The van der Waals surface area contributed by atoms with Crippen molar-refractivity contribution in [2.24, 2.45) is 5.10 Å². The summed E-state index contributed by atoms with van der Waals surface area (Å²) in [5.41, 5.74) is 2.85. The molecule has 0 fully saturated rings. The molecule has 0 N–H and O–H groups in total. The zero-order valence-corrected chi connectivity index (χ0v) is 19.9. The normalized spacial score (nSPS) is 15.3. The van der Waals surface area contributed by atoms with Gasteiger partial charge in [0.05, 0.1) is 28.8 Å². The van der Waals surface area contributed by atoms with E-state index in [0.717, 1.165) is 21.7 Å². The lowest BCUT2D eigenvalue weighted by Crippen LogP contribution is -2.43. The molecule has 6 nitrogen and oxygen atoms in total. The summed E-state index contributed by atoms with van der Waals surface area (Å²) in [7, 11) is 1.51. The van der Waals surface area contributed by atoms with Crippen LogP contribution in [-0.2, 0) is 9.53 Å². The highest BCUT2D eigenvalue weighted by Crippen LogP contribution is 2.34. The van der Waals surface area contributed by atoms with Crippen molar-refractivity contribution in [3.8, 4) is 0 Å². The van der Waals surface area contributed by atoms with Gasteiger partial charge < -0.3 is 9.64 Å². The zero-order valence-electron chi connectivity index (χ0n) is 19.1. The van der Waals surface area contributed by atoms with E-state index >= 15 is 0 Å². The maximum atomic E-state index is 14.3. The van der Waals surface area contributed by atoms with Crippen molar-refractivity contribution in [3.63, 3.8) is 0 Å². The number of methoxy groups -OCH3 is 1. The Morgan fingerprint density at radius 3 is 2.59 bits per heavy atom. The van der Waals surface area contributed by atoms with Crippen molar-refractivity contribution in [2.45, 2.75) is 19.4 Å². The number of carbonyl (C=O) groups is 2. The van der Waals surface area contributed by atoms with E-state index in [1.165, 1.54) is 35.2 Å². The summed E-state index contributed by atoms with van der Waals surface area (Å²) >= 11 is 1.57. The summed E-state index contributed by atoms with van der Waals surface area (Å²) in [6.07, 6.45) is 0.578. The topological polar surface area (TPSA) is 62.2 Å². The summed E-state index contributed by atoms with van der Waals surface area (Å²) in [6, 6.07) is 17.4. The van der Waals surface area contributed by atoms with Crippen molar-refractivity contribution in [2.75, 3.05) is 26.8 Å². The highest BCUT2D eigenvalue weighted by Gasteiger charge is 2.35. The van der Waals surface area contributed by atoms with Gasteiger partial charge in [-0.25, -0.2) is 9.40 Å². The first-order valence-electron chi connectivity index (χ1n) is 11.0. The van der Waals surface area contributed by atoms with Gasteiger partial charge in [0.15, 0.2) is 0 Å². The van der Waals surface area contributed by atoms with E-state index in [4.69, 9.17) is 4.74 Å². The highest BCUT2D eigenvalue weighted by molar-refractivity contribution is 7.12. The van der Waals surface area contributed by atoms with Gasteiger partial charge in [0.1, 0.15) is 12.4 Å². The molecule has 0 aliphatic carbocycles. The van der Waals surface area contributed by atoms with Crippen molar-refractivity contribution in [1.82, 2.24) is 9.91 Å². The molecule has 3 aromatic rings. The molecular weight excluding hydrogens is 453 g/mol. The molecule has 1 atom stereocenters. The third-order valence-corrected chi connectivity index (χ3v) is 6.64. The lowest BCUT2D eigenvalue weighted by molar-refractivity contribution is -0.133. The number of ether oxygens (including phenoxy) is 1. The van der Waals surface area contributed by atoms with Crippen molar-refractivity contribution >= 4 is 28.9 Å². The summed E-state index contributed by atoms with van der Waals surface area (Å²) < 4.78 is 19.4. The van der Waals surface area contributed by atoms with Crippen molar-refractivity contribution in [3.05, 3.63) is 93.4 Å². The number of carbonyl (C=O) groups excluding carboxylic acids is 2. The molecule has 0 radical (unpaired) electrons. The van der Waals surface area contributed by atoms with Crippen LogP contribution in [0.1, 0.15) is 38.8 Å². The second-order valence-corrected chi connectivity index (χ2v) is 9.04. The molecule has 34 heavy (non-hydrogen) atoms. The molecule has 0 bridgehead atoms. The van der Waals surface area contributed by atoms with E-state index in [1.54, 1.807) is 17.4 Å². The van der Waals surface area contributed by atoms with E-state index in [0.29, 0.717) is 6.42 Å². The Hall–Kier alpha value is -3.36. The molecule has 0 saturated heterocycles. The van der Waals surface area contributed by atoms with Gasteiger partial charge in [0.2, 0.25) is 0 Å². The van der Waals surface area contributed by atoms with Crippen LogP contribution < -0.4 is 0 Å². The van der Waals surface area contributed by atoms with E-state index in [9.17, 15) is 14.0 Å². The average Bonchev–Trinajstić information content (AvgIpc) is 3.52. The highest BCUT2D eigenvalue weighted by atomic mass is 32.1. The third-order valence-electron chi connectivity index (χ3n) is 5.72. The fourth-order valence-corrected chi connectivity index (χ4v) is 4.60. The molecule has 1 aliphatic rings. The molecule has 2 aromatic carbocycles. The number of nitrogens with zero attached hydrogens (tertiary/aromatic N) is 3. The Bertz CT molecular complexity index is 1180. The SMILES string of the molecule is COCCN(CC(=O)N1N=C(c2cccs2)C[C@H]1c1ccc(C)cc1)C(=O)c1ccccc1F. The molecular formula is C26H26FN3O3S. The minimum atomic E-state index is -0.626. The number of rotatable bonds is 8. The minimum absolute atomic E-state index is 0.0781. The molecule has 1 aromatic heterocycles. The lowest BCUT2D eigenvalue weighted by Gasteiger charge is -2.27. The van der Waals surface area contributed by atoms with E-state index in [2.05, 4.69) is 5.10 Å². The first-order valence-corrected chi connectivity index (χ1v) is 11.9. The number of amides is 2. The van der Waals surface area contributed by atoms with E-state index in [-0.39, 0.29) is 37.2 Å². The molecule has 0 spiro atoms. The molecule has 2 amide bonds. The van der Waals surface area contributed by atoms with Crippen LogP contribution in [-0.4, -0.2) is 54.2 Å². The van der Waals surface area contributed by atoms with Crippen LogP contribution in [0.3, 0.4) is 0 Å². The third kappa shape index (κ3) is 5.24. The molecule has 4 rings (SSSR count). The van der Waals surface area contributed by atoms with Crippen LogP contribution in [0, 0.1) is 12.7 Å². The predicted molar refractivity (Wildman–Crippen MR) is 130 cm³/mol. The lowest BCUT2D eigenvalue weighted by atomic mass is 10.00. The Morgan fingerprint density at radius 1 is 1.15 bits per heavy atom. The van der Waals surface area contributed by atoms with Gasteiger partial charge in [-0.2, -0.15) is 5.10 Å². The Balaban J connectivity index is 1.61. The summed E-state index contributed by atoms with van der Waals surface area (Å²) in [5, 5.41) is 8.10. The van der Waals surface area contributed by atoms with Crippen molar-refractivity contribution < 1.29 is 18.7 Å². The van der Waals surface area contributed by atoms with Gasteiger partial charge in [0.25, 0.3) is 11.8 Å². The van der Waals surface area contributed by atoms with Crippen LogP contribution in [0.15, 0.2) is 71.1 Å². The van der Waals surface area contributed by atoms with Crippen LogP contribution in [0.2, 0.25) is 0 Å². The standard InChI is InChI=1S/C26H26FN3O3S/c1-18-9-11-19(12-10-18)23-16-22(24-8-5-15-34-24)28-30(23)25(31)17-29(13-14-33-2)26(32)20-6-3-4-7-21(20)27/h3-12,15,23H,13-14,16-17H2,1-2H3/t23-/m0/s1. The monoisotopic (exact) mass is 479 g/mol. The number of hydrazone groups is 1. The first kappa shape index (κ1) is 23.8. The van der Waals surface area contributed by atoms with Crippen molar-refractivity contribution in [1.29, 1.82) is 0 Å². The maximum absolute atomic E-state index is 14.3. The van der Waals surface area contributed by atoms with Gasteiger partial charge in [-0.15, -0.1) is 11.3 Å². The van der Waals surface area contributed by atoms with Crippen LogP contribution in [0.25, 0.3) is 0 Å². The second kappa shape index (κ2) is 10.7. The molecule has 0 unspecified atom stereocenters. The number of hydrogen-bond acceptors (Lipinski definition) is 5. The van der Waals surface area contributed by atoms with E-state index in [1.807, 2.05) is 48.7 Å². The van der Waals surface area contributed by atoms with Gasteiger partial charge in [-0.3, -0.25) is 9.59 Å². The van der Waals surface area contributed by atoms with Crippen LogP contribution in [0.4, 0.5) is 4.39 Å². The summed E-state index contributed by atoms with van der Waals surface area (Å²) in [5.74, 6) is -1.52. The fraction of sp³-hybridized carbons (Fsp3) is 0.269. The van der Waals surface area contributed by atoms with Gasteiger partial charge >= 0.3 is 0 Å². The Kier molecular flexibility index (Phi) is 7.49. The zero-order chi connectivity index (χ0) is 24.1. The van der Waals surface area contributed by atoms with E-state index < -0.39 is 11.7 Å². The minimum Gasteiger partial charge on any atom is -0.383 e. The average molecular weight is 480 g/mol. The van der Waals surface area contributed by atoms with Gasteiger partial charge in [0, 0.05) is 20.1 Å². The van der Waals surface area contributed by atoms with Crippen LogP contribution >= 0.6 is 11.3 Å². The number of benzene rings is 2. The van der Waals surface area contributed by atoms with Gasteiger partial charge in [-0.05, 0) is 36.1 Å². The molecule has 176 valence electrons. The largest absolute Gasteiger partial charge is 0.383 e. The quantitative estimate of drug-likeness (QED) is 0.472. The van der Waals surface area contributed by atoms with Crippen LogP contribution in [0.5, 0.6) is 0 Å². The molecule has 0 saturated carbocycles. The smallest absolute Gasteiger partial charge is 0.262 e. The number of halogens is 1. The maximum Gasteiger partial charge on any atom is 0.262 e. The predicted octanol–water partition coefficient (Wildman–Crippen LogP) is 4.66. The summed E-state index contributed by atoms with van der Waals surface area (Å²) in [4.78, 5) is 28.9. The second-order valence-electron chi connectivity index (χ2n) is 8.09. The van der Waals surface area contributed by atoms with Gasteiger partial charge in [-0.1, -0.05) is 48.0 Å².